The fraction of sp³-hybridized carbons (Fsp3) is 0.316. The lowest BCUT2D eigenvalue weighted by molar-refractivity contribution is -0.274. The van der Waals surface area contributed by atoms with E-state index in [1.807, 2.05) is 12.1 Å². The van der Waals surface area contributed by atoms with Gasteiger partial charge in [-0.2, -0.15) is 0 Å². The molecule has 0 spiro atoms. The maximum absolute atomic E-state index is 12.4. The predicted molar refractivity (Wildman–Crippen MR) is 90.7 cm³/mol. The fourth-order valence-corrected chi connectivity index (χ4v) is 3.14. The van der Waals surface area contributed by atoms with Crippen molar-refractivity contribution >= 4 is 6.03 Å². The Bertz CT molecular complexity index is 752. The maximum atomic E-state index is 12.4. The number of hydrogen-bond acceptors (Lipinski definition) is 2. The maximum Gasteiger partial charge on any atom is 0.573 e. The Morgan fingerprint density at radius 3 is 2.27 bits per heavy atom. The van der Waals surface area contributed by atoms with Gasteiger partial charge in [0.25, 0.3) is 0 Å². The molecular weight excluding hydrogens is 345 g/mol. The van der Waals surface area contributed by atoms with Crippen molar-refractivity contribution in [3.8, 4) is 5.75 Å². The van der Waals surface area contributed by atoms with Gasteiger partial charge in [-0.3, -0.25) is 0 Å². The molecular formula is C19H19F3N2O2. The normalized spacial score (nSPS) is 14.0. The molecule has 138 valence electrons. The van der Waals surface area contributed by atoms with E-state index in [-0.39, 0.29) is 17.9 Å². The standard InChI is InChI=1S/C19H19F3N2O2/c20-19(21,22)26-17-8-4-3-7-16(17)12-24-18(25)23-11-13-9-14-5-1-2-6-15(14)10-13/h1-8,13H,9-12H2,(H2,23,24,25). The first-order valence-electron chi connectivity index (χ1n) is 8.33. The third-order valence-electron chi connectivity index (χ3n) is 4.32. The van der Waals surface area contributed by atoms with E-state index < -0.39 is 12.4 Å². The average molecular weight is 364 g/mol. The van der Waals surface area contributed by atoms with Crippen LogP contribution < -0.4 is 15.4 Å². The van der Waals surface area contributed by atoms with Crippen LogP contribution in [0, 0.1) is 5.92 Å². The van der Waals surface area contributed by atoms with E-state index in [9.17, 15) is 18.0 Å². The molecule has 2 aromatic rings. The highest BCUT2D eigenvalue weighted by Crippen LogP contribution is 2.27. The van der Waals surface area contributed by atoms with Gasteiger partial charge >= 0.3 is 12.4 Å². The van der Waals surface area contributed by atoms with Crippen molar-refractivity contribution in [2.24, 2.45) is 5.92 Å². The largest absolute Gasteiger partial charge is 0.573 e. The number of hydrogen-bond donors (Lipinski definition) is 2. The number of nitrogens with one attached hydrogen (secondary N) is 2. The summed E-state index contributed by atoms with van der Waals surface area (Å²) in [4.78, 5) is 12.0. The summed E-state index contributed by atoms with van der Waals surface area (Å²) in [6.07, 6.45) is -2.94. The molecule has 0 aliphatic heterocycles. The van der Waals surface area contributed by atoms with Gasteiger partial charge in [0.2, 0.25) is 0 Å². The Balaban J connectivity index is 1.47. The van der Waals surface area contributed by atoms with Crippen molar-refractivity contribution in [1.82, 2.24) is 10.6 Å². The molecule has 0 saturated heterocycles. The Morgan fingerprint density at radius 2 is 1.62 bits per heavy atom. The quantitative estimate of drug-likeness (QED) is 0.848. The van der Waals surface area contributed by atoms with Gasteiger partial charge in [-0.1, -0.05) is 42.5 Å². The molecule has 2 aromatic carbocycles. The van der Waals surface area contributed by atoms with Gasteiger partial charge in [0.1, 0.15) is 5.75 Å². The van der Waals surface area contributed by atoms with Gasteiger partial charge < -0.3 is 15.4 Å². The summed E-state index contributed by atoms with van der Waals surface area (Å²) in [5.41, 5.74) is 2.86. The van der Waals surface area contributed by atoms with Crippen LogP contribution in [0.25, 0.3) is 0 Å². The molecule has 4 nitrogen and oxygen atoms in total. The Hall–Kier alpha value is -2.70. The lowest BCUT2D eigenvalue weighted by atomic mass is 10.1. The number of urea groups is 1. The average Bonchev–Trinajstić information content (AvgIpc) is 3.01. The van der Waals surface area contributed by atoms with Crippen LogP contribution in [0.3, 0.4) is 0 Å². The highest BCUT2D eigenvalue weighted by molar-refractivity contribution is 5.73. The molecule has 26 heavy (non-hydrogen) atoms. The predicted octanol–water partition coefficient (Wildman–Crippen LogP) is 3.80. The number of carbonyl (C=O) groups is 1. The SMILES string of the molecule is O=C(NCc1ccccc1OC(F)(F)F)NCC1Cc2ccccc2C1. The van der Waals surface area contributed by atoms with Crippen LogP contribution in [0.5, 0.6) is 5.75 Å². The van der Waals surface area contributed by atoms with E-state index in [2.05, 4.69) is 27.5 Å². The van der Waals surface area contributed by atoms with E-state index in [1.54, 1.807) is 6.07 Å². The second-order valence-electron chi connectivity index (χ2n) is 6.26. The highest BCUT2D eigenvalue weighted by atomic mass is 19.4. The van der Waals surface area contributed by atoms with Crippen LogP contribution >= 0.6 is 0 Å². The molecule has 0 fully saturated rings. The van der Waals surface area contributed by atoms with Crippen LogP contribution in [0.15, 0.2) is 48.5 Å². The number of rotatable bonds is 5. The summed E-state index contributed by atoms with van der Waals surface area (Å²) in [5.74, 6) is 0.0190. The van der Waals surface area contributed by atoms with Crippen molar-refractivity contribution in [3.63, 3.8) is 0 Å². The minimum atomic E-state index is -4.77. The van der Waals surface area contributed by atoms with E-state index in [1.165, 1.54) is 29.3 Å². The van der Waals surface area contributed by atoms with Crippen molar-refractivity contribution in [1.29, 1.82) is 0 Å². The van der Waals surface area contributed by atoms with Gasteiger partial charge in [0.05, 0.1) is 0 Å². The number of fused-ring (bicyclic) bond motifs is 1. The Kier molecular flexibility index (Phi) is 5.35. The van der Waals surface area contributed by atoms with E-state index in [0.717, 1.165) is 12.8 Å². The second-order valence-corrected chi connectivity index (χ2v) is 6.26. The van der Waals surface area contributed by atoms with Gasteiger partial charge in [-0.25, -0.2) is 4.79 Å². The monoisotopic (exact) mass is 364 g/mol. The summed E-state index contributed by atoms with van der Waals surface area (Å²) in [6.45, 7) is 0.462. The lowest BCUT2D eigenvalue weighted by Gasteiger charge is -2.15. The Labute approximate surface area is 149 Å². The Morgan fingerprint density at radius 1 is 1.00 bits per heavy atom. The molecule has 1 aliphatic carbocycles. The van der Waals surface area contributed by atoms with E-state index in [4.69, 9.17) is 0 Å². The van der Waals surface area contributed by atoms with Crippen LogP contribution in [0.4, 0.5) is 18.0 Å². The van der Waals surface area contributed by atoms with Gasteiger partial charge in [-0.15, -0.1) is 13.2 Å². The lowest BCUT2D eigenvalue weighted by Crippen LogP contribution is -2.38. The van der Waals surface area contributed by atoms with Crippen LogP contribution in [-0.4, -0.2) is 18.9 Å². The second kappa shape index (κ2) is 7.68. The molecule has 0 radical (unpaired) electrons. The smallest absolute Gasteiger partial charge is 0.405 e. The number of alkyl halides is 3. The topological polar surface area (TPSA) is 50.4 Å². The van der Waals surface area contributed by atoms with Crippen molar-refractivity contribution in [3.05, 3.63) is 65.2 Å². The number of benzene rings is 2. The van der Waals surface area contributed by atoms with Crippen molar-refractivity contribution in [2.45, 2.75) is 25.7 Å². The summed E-state index contributed by atoms with van der Waals surface area (Å²) >= 11 is 0. The molecule has 2 N–H and O–H groups in total. The molecule has 0 heterocycles. The summed E-state index contributed by atoms with van der Waals surface area (Å²) < 4.78 is 41.2. The molecule has 0 bridgehead atoms. The highest BCUT2D eigenvalue weighted by Gasteiger charge is 2.32. The van der Waals surface area contributed by atoms with E-state index >= 15 is 0 Å². The molecule has 7 heteroatoms. The summed E-state index contributed by atoms with van der Waals surface area (Å²) in [5, 5.41) is 5.36. The first-order chi connectivity index (χ1) is 12.4. The number of amides is 2. The third-order valence-corrected chi connectivity index (χ3v) is 4.32. The van der Waals surface area contributed by atoms with Crippen molar-refractivity contribution in [2.75, 3.05) is 6.54 Å². The van der Waals surface area contributed by atoms with Gasteiger partial charge in [0, 0.05) is 18.7 Å². The minimum absolute atomic E-state index is 0.0526. The minimum Gasteiger partial charge on any atom is -0.405 e. The van der Waals surface area contributed by atoms with Crippen LogP contribution in [0.1, 0.15) is 16.7 Å². The molecule has 0 saturated carbocycles. The molecule has 0 unspecified atom stereocenters. The number of para-hydroxylation sites is 1. The zero-order valence-corrected chi connectivity index (χ0v) is 14.0. The number of ether oxygens (including phenoxy) is 1. The number of carbonyl (C=O) groups excluding carboxylic acids is 1. The third kappa shape index (κ3) is 4.91. The first kappa shape index (κ1) is 18.1. The molecule has 2 amide bonds. The molecule has 3 rings (SSSR count). The molecule has 0 atom stereocenters. The van der Waals surface area contributed by atoms with Gasteiger partial charge in [-0.05, 0) is 36.0 Å². The van der Waals surface area contributed by atoms with Gasteiger partial charge in [0.15, 0.2) is 0 Å². The van der Waals surface area contributed by atoms with Crippen LogP contribution in [-0.2, 0) is 19.4 Å². The van der Waals surface area contributed by atoms with E-state index in [0.29, 0.717) is 12.5 Å². The fourth-order valence-electron chi connectivity index (χ4n) is 3.14. The van der Waals surface area contributed by atoms with Crippen molar-refractivity contribution < 1.29 is 22.7 Å². The molecule has 1 aliphatic rings. The summed E-state index contributed by atoms with van der Waals surface area (Å²) in [7, 11) is 0. The van der Waals surface area contributed by atoms with Crippen LogP contribution in [0.2, 0.25) is 0 Å². The molecule has 0 aromatic heterocycles. The zero-order chi connectivity index (χ0) is 18.6. The first-order valence-corrected chi connectivity index (χ1v) is 8.33. The zero-order valence-electron chi connectivity index (χ0n) is 14.0. The number of halogens is 3. The summed E-state index contributed by atoms with van der Waals surface area (Å²) in [6, 6.07) is 13.5.